The van der Waals surface area contributed by atoms with E-state index in [4.69, 9.17) is 18.0 Å². The normalized spacial score (nSPS) is 30.1. The van der Waals surface area contributed by atoms with Gasteiger partial charge in [-0.25, -0.2) is 0 Å². The van der Waals surface area contributed by atoms with E-state index in [0.717, 1.165) is 5.41 Å². The van der Waals surface area contributed by atoms with Gasteiger partial charge in [0.15, 0.2) is 8.38 Å². The minimum absolute atomic E-state index is 0.0433. The van der Waals surface area contributed by atoms with Crippen LogP contribution >= 0.6 is 8.38 Å². The first-order chi connectivity index (χ1) is 7.93. The van der Waals surface area contributed by atoms with Crippen LogP contribution in [0.4, 0.5) is 0 Å². The van der Waals surface area contributed by atoms with Gasteiger partial charge >= 0.3 is 0 Å². The summed E-state index contributed by atoms with van der Waals surface area (Å²) in [6.45, 7) is 5.99. The number of hydrogen-bond donors (Lipinski definition) is 0. The third kappa shape index (κ3) is 4.62. The fourth-order valence-electron chi connectivity index (χ4n) is 1.30. The summed E-state index contributed by atoms with van der Waals surface area (Å²) in [5.41, 5.74) is -0.584. The van der Waals surface area contributed by atoms with Gasteiger partial charge in [-0.05, 0) is 0 Å². The number of methoxy groups -OCH3 is 1. The van der Waals surface area contributed by atoms with Crippen molar-refractivity contribution in [2.45, 2.75) is 0 Å². The highest BCUT2D eigenvalue weighted by Crippen LogP contribution is 2.43. The Morgan fingerprint density at radius 1 is 1.41 bits per heavy atom. The lowest BCUT2D eigenvalue weighted by molar-refractivity contribution is -0.0467. The van der Waals surface area contributed by atoms with E-state index in [1.165, 1.54) is 7.11 Å². The van der Waals surface area contributed by atoms with Gasteiger partial charge in [-0.3, -0.25) is 4.18 Å². The minimum Gasteiger partial charge on any atom is -0.384 e. The molecular weight excluding hydrogens is 267 g/mol. The van der Waals surface area contributed by atoms with Crippen LogP contribution in [0.25, 0.3) is 0 Å². The van der Waals surface area contributed by atoms with E-state index in [0.29, 0.717) is 19.8 Å². The Hall–Kier alpha value is -0.0400. The second-order valence-electron chi connectivity index (χ2n) is 3.84. The number of ether oxygens (including phenoxy) is 1. The van der Waals surface area contributed by atoms with Gasteiger partial charge in [0.2, 0.25) is 0 Å². The highest BCUT2D eigenvalue weighted by molar-refractivity contribution is 7.89. The molecular formula is C9H17O6PS. The number of rotatable bonds is 6. The fraction of sp³-hybridized carbons (Fsp3) is 0.778. The van der Waals surface area contributed by atoms with Crippen LogP contribution in [0.5, 0.6) is 0 Å². The molecule has 17 heavy (non-hydrogen) atoms. The van der Waals surface area contributed by atoms with E-state index in [1.54, 1.807) is 0 Å². The molecule has 1 saturated heterocycles. The van der Waals surface area contributed by atoms with Crippen LogP contribution < -0.4 is 0 Å². The summed E-state index contributed by atoms with van der Waals surface area (Å²) in [5, 5.41) is 0.769. The Bertz CT molecular complexity index is 346. The first kappa shape index (κ1) is 15.0. The summed E-state index contributed by atoms with van der Waals surface area (Å²) < 4.78 is 43.1. The molecule has 0 atom stereocenters. The van der Waals surface area contributed by atoms with Gasteiger partial charge in [0.1, 0.15) is 0 Å². The summed E-state index contributed by atoms with van der Waals surface area (Å²) in [6, 6.07) is 0. The second-order valence-corrected chi connectivity index (χ2v) is 6.79. The van der Waals surface area contributed by atoms with E-state index in [-0.39, 0.29) is 6.61 Å². The van der Waals surface area contributed by atoms with Gasteiger partial charge in [-0.2, -0.15) is 8.42 Å². The van der Waals surface area contributed by atoms with Crippen LogP contribution in [0.2, 0.25) is 0 Å². The highest BCUT2D eigenvalue weighted by Gasteiger charge is 2.38. The van der Waals surface area contributed by atoms with Crippen LogP contribution in [0.15, 0.2) is 12.0 Å². The Morgan fingerprint density at radius 3 is 2.47 bits per heavy atom. The molecule has 0 aromatic rings. The van der Waals surface area contributed by atoms with E-state index in [9.17, 15) is 8.42 Å². The first-order valence-corrected chi connectivity index (χ1v) is 8.03. The molecule has 1 rings (SSSR count). The average Bonchev–Trinajstić information content (AvgIpc) is 2.31. The van der Waals surface area contributed by atoms with Crippen molar-refractivity contribution >= 4 is 18.5 Å². The van der Waals surface area contributed by atoms with E-state index >= 15 is 0 Å². The maximum absolute atomic E-state index is 11.2. The van der Waals surface area contributed by atoms with Crippen LogP contribution in [0.1, 0.15) is 0 Å². The predicted octanol–water partition coefficient (Wildman–Crippen LogP) is 1.10. The van der Waals surface area contributed by atoms with Gasteiger partial charge < -0.3 is 13.8 Å². The van der Waals surface area contributed by atoms with Gasteiger partial charge in [0.05, 0.1) is 37.3 Å². The van der Waals surface area contributed by atoms with E-state index in [2.05, 4.69) is 6.58 Å². The highest BCUT2D eigenvalue weighted by atomic mass is 32.2. The van der Waals surface area contributed by atoms with E-state index < -0.39 is 23.9 Å². The Morgan fingerprint density at radius 2 is 2.00 bits per heavy atom. The Labute approximate surface area is 103 Å². The topological polar surface area (TPSA) is 71.1 Å². The van der Waals surface area contributed by atoms with Crippen molar-refractivity contribution in [3.63, 3.8) is 0 Å². The van der Waals surface area contributed by atoms with Crippen molar-refractivity contribution in [1.29, 1.82) is 0 Å². The van der Waals surface area contributed by atoms with Crippen molar-refractivity contribution in [2.75, 3.05) is 40.2 Å². The van der Waals surface area contributed by atoms with Crippen LogP contribution in [-0.2, 0) is 28.1 Å². The summed E-state index contributed by atoms with van der Waals surface area (Å²) in [6.07, 6.45) is 0. The van der Waals surface area contributed by atoms with Crippen molar-refractivity contribution in [2.24, 2.45) is 5.41 Å². The summed E-state index contributed by atoms with van der Waals surface area (Å²) in [5.74, 6) is 0. The molecule has 1 aliphatic rings. The predicted molar refractivity (Wildman–Crippen MR) is 64.1 cm³/mol. The van der Waals surface area contributed by atoms with Crippen LogP contribution in [0.3, 0.4) is 0 Å². The second kappa shape index (κ2) is 6.22. The molecule has 0 spiro atoms. The molecule has 0 saturated carbocycles. The monoisotopic (exact) mass is 284 g/mol. The molecule has 0 aliphatic carbocycles. The fourth-order valence-corrected chi connectivity index (χ4v) is 2.80. The minimum atomic E-state index is -3.69. The summed E-state index contributed by atoms with van der Waals surface area (Å²) >= 11 is 0. The van der Waals surface area contributed by atoms with Gasteiger partial charge in [-0.1, -0.05) is 6.58 Å². The maximum Gasteiger partial charge on any atom is 0.289 e. The molecule has 1 aliphatic heterocycles. The molecule has 100 valence electrons. The van der Waals surface area contributed by atoms with Gasteiger partial charge in [0, 0.05) is 13.8 Å². The zero-order valence-corrected chi connectivity index (χ0v) is 11.6. The lowest BCUT2D eigenvalue weighted by atomic mass is 9.93. The molecule has 0 radical (unpaired) electrons. The third-order valence-corrected chi connectivity index (χ3v) is 4.13. The first-order valence-electron chi connectivity index (χ1n) is 4.93. The molecule has 8 heteroatoms. The molecule has 0 bridgehead atoms. The lowest BCUT2D eigenvalue weighted by Gasteiger charge is -2.37. The molecule has 0 aromatic heterocycles. The molecule has 6 nitrogen and oxygen atoms in total. The average molecular weight is 284 g/mol. The summed E-state index contributed by atoms with van der Waals surface area (Å²) in [7, 11) is -3.04. The molecule has 0 aromatic carbocycles. The van der Waals surface area contributed by atoms with Crippen LogP contribution in [0, 0.1) is 5.41 Å². The standard InChI is InChI=1S/C9H17O6PS/c1-4-17(10,11)15-8-9(5-12-2)6-13-16(3)14-7-9/h4H,1,5-8H2,2-3H3. The smallest absolute Gasteiger partial charge is 0.289 e. The molecule has 0 N–H and O–H groups in total. The third-order valence-electron chi connectivity index (χ3n) is 2.29. The van der Waals surface area contributed by atoms with Crippen molar-refractivity contribution in [3.05, 3.63) is 12.0 Å². The van der Waals surface area contributed by atoms with Crippen molar-refractivity contribution in [3.8, 4) is 0 Å². The lowest BCUT2D eigenvalue weighted by Crippen LogP contribution is -2.43. The van der Waals surface area contributed by atoms with Gasteiger partial charge in [0.25, 0.3) is 10.1 Å². The molecule has 0 unspecified atom stereocenters. The summed E-state index contributed by atoms with van der Waals surface area (Å²) in [4.78, 5) is 0. The molecule has 1 fully saturated rings. The quantitative estimate of drug-likeness (QED) is 0.537. The van der Waals surface area contributed by atoms with Crippen molar-refractivity contribution in [1.82, 2.24) is 0 Å². The largest absolute Gasteiger partial charge is 0.384 e. The zero-order chi connectivity index (χ0) is 12.9. The zero-order valence-electron chi connectivity index (χ0n) is 9.92. The van der Waals surface area contributed by atoms with Crippen LogP contribution in [-0.4, -0.2) is 48.6 Å². The van der Waals surface area contributed by atoms with E-state index in [1.807, 2.05) is 6.66 Å². The van der Waals surface area contributed by atoms with Crippen molar-refractivity contribution < 1.29 is 26.4 Å². The SMILES string of the molecule is C=CS(=O)(=O)OCC1(COC)COP(C)OC1. The Kier molecular flexibility index (Phi) is 5.50. The molecule has 1 heterocycles. The van der Waals surface area contributed by atoms with Gasteiger partial charge in [-0.15, -0.1) is 0 Å². The Balaban J connectivity index is 2.63. The molecule has 0 amide bonds. The maximum atomic E-state index is 11.2. The number of hydrogen-bond acceptors (Lipinski definition) is 6.